The Bertz CT molecular complexity index is 763. The molecule has 0 aliphatic heterocycles. The van der Waals surface area contributed by atoms with Gasteiger partial charge in [0.25, 0.3) is 0 Å². The second-order valence-electron chi connectivity index (χ2n) is 8.66. The van der Waals surface area contributed by atoms with E-state index < -0.39 is 5.97 Å². The summed E-state index contributed by atoms with van der Waals surface area (Å²) in [6.07, 6.45) is 21.1. The molecule has 0 saturated heterocycles. The lowest BCUT2D eigenvalue weighted by Gasteiger charge is -2.04. The third-order valence-corrected chi connectivity index (χ3v) is 6.93. The van der Waals surface area contributed by atoms with Gasteiger partial charge in [0.15, 0.2) is 0 Å². The minimum absolute atomic E-state index is 0.340. The average molecular weight is 460 g/mol. The Kier molecular flexibility index (Phi) is 13.8. The summed E-state index contributed by atoms with van der Waals surface area (Å²) < 4.78 is 1.92. The molecule has 0 bridgehead atoms. The average Bonchev–Trinajstić information content (AvgIpc) is 3.25. The van der Waals surface area contributed by atoms with Gasteiger partial charge >= 0.3 is 5.97 Å². The normalized spacial score (nSPS) is 11.2. The molecule has 0 spiro atoms. The summed E-state index contributed by atoms with van der Waals surface area (Å²) in [7, 11) is 0. The molecule has 0 aliphatic carbocycles. The lowest BCUT2D eigenvalue weighted by Crippen LogP contribution is -1.98. The molecule has 178 valence electrons. The van der Waals surface area contributed by atoms with E-state index in [-0.39, 0.29) is 0 Å². The van der Waals surface area contributed by atoms with Gasteiger partial charge in [-0.05, 0) is 18.6 Å². The highest BCUT2D eigenvalue weighted by Gasteiger charge is 2.10. The third kappa shape index (κ3) is 11.2. The fourth-order valence-electron chi connectivity index (χ4n) is 3.90. The van der Waals surface area contributed by atoms with Gasteiger partial charge in [-0.25, -0.2) is 4.79 Å². The first kappa shape index (κ1) is 26.4. The van der Waals surface area contributed by atoms with Gasteiger partial charge in [0.1, 0.15) is 0 Å². The number of unbranched alkanes of at least 4 members (excludes halogenated alkanes) is 13. The van der Waals surface area contributed by atoms with Gasteiger partial charge in [-0.3, -0.25) is 4.68 Å². The van der Waals surface area contributed by atoms with Crippen LogP contribution in [0.2, 0.25) is 0 Å². The largest absolute Gasteiger partial charge is 0.478 e. The van der Waals surface area contributed by atoms with E-state index in [2.05, 4.69) is 17.2 Å². The van der Waals surface area contributed by atoms with Crippen molar-refractivity contribution in [2.45, 2.75) is 114 Å². The van der Waals surface area contributed by atoms with Crippen molar-refractivity contribution in [3.05, 3.63) is 41.7 Å². The number of hydrogen-bond acceptors (Lipinski definition) is 4. The molecule has 6 heteroatoms. The second-order valence-corrected chi connectivity index (χ2v) is 9.68. The quantitative estimate of drug-likeness (QED) is 0.172. The molecule has 1 heterocycles. The molecule has 0 radical (unpaired) electrons. The van der Waals surface area contributed by atoms with E-state index in [0.717, 1.165) is 23.6 Å². The van der Waals surface area contributed by atoms with Crippen LogP contribution in [0.25, 0.3) is 0 Å². The SMILES string of the molecule is CCCCCCCCCCCCCCCCn1cc(CSc2ccccc2C(=O)O)nn1. The van der Waals surface area contributed by atoms with Crippen molar-refractivity contribution in [3.8, 4) is 0 Å². The van der Waals surface area contributed by atoms with Gasteiger partial charge in [-0.1, -0.05) is 108 Å². The van der Waals surface area contributed by atoms with Gasteiger partial charge < -0.3 is 5.11 Å². The molecule has 0 aliphatic rings. The minimum atomic E-state index is -0.894. The fraction of sp³-hybridized carbons (Fsp3) is 0.654. The highest BCUT2D eigenvalue weighted by Crippen LogP contribution is 2.25. The van der Waals surface area contributed by atoms with Gasteiger partial charge in [0.2, 0.25) is 0 Å². The van der Waals surface area contributed by atoms with E-state index in [0.29, 0.717) is 11.3 Å². The van der Waals surface area contributed by atoms with E-state index in [1.165, 1.54) is 95.2 Å². The first-order valence-corrected chi connectivity index (χ1v) is 13.5. The molecule has 0 fully saturated rings. The minimum Gasteiger partial charge on any atom is -0.478 e. The molecule has 2 aromatic rings. The number of rotatable bonds is 19. The first-order chi connectivity index (χ1) is 15.7. The van der Waals surface area contributed by atoms with Crippen LogP contribution in [0.3, 0.4) is 0 Å². The summed E-state index contributed by atoms with van der Waals surface area (Å²) in [6, 6.07) is 7.09. The van der Waals surface area contributed by atoms with Crippen LogP contribution in [0, 0.1) is 0 Å². The number of carbonyl (C=O) groups is 1. The van der Waals surface area contributed by atoms with Crippen molar-refractivity contribution in [3.63, 3.8) is 0 Å². The Morgan fingerprint density at radius 1 is 0.875 bits per heavy atom. The maximum atomic E-state index is 11.3. The first-order valence-electron chi connectivity index (χ1n) is 12.5. The summed E-state index contributed by atoms with van der Waals surface area (Å²) in [5.41, 5.74) is 1.23. The monoisotopic (exact) mass is 459 g/mol. The Labute approximate surface area is 198 Å². The van der Waals surface area contributed by atoms with Crippen LogP contribution in [-0.4, -0.2) is 26.1 Å². The molecule has 1 aromatic carbocycles. The van der Waals surface area contributed by atoms with Crippen molar-refractivity contribution in [1.82, 2.24) is 15.0 Å². The molecule has 1 N–H and O–H groups in total. The Morgan fingerprint density at radius 3 is 2.03 bits per heavy atom. The molecule has 0 unspecified atom stereocenters. The van der Waals surface area contributed by atoms with Crippen LogP contribution in [-0.2, 0) is 12.3 Å². The van der Waals surface area contributed by atoms with Gasteiger partial charge in [0, 0.05) is 23.4 Å². The number of nitrogens with zero attached hydrogens (tertiary/aromatic N) is 3. The number of hydrogen-bond donors (Lipinski definition) is 1. The van der Waals surface area contributed by atoms with Crippen LogP contribution in [0.4, 0.5) is 0 Å². The van der Waals surface area contributed by atoms with Crippen molar-refractivity contribution < 1.29 is 9.90 Å². The van der Waals surface area contributed by atoms with Crippen LogP contribution >= 0.6 is 11.8 Å². The molecular weight excluding hydrogens is 418 g/mol. The maximum Gasteiger partial charge on any atom is 0.336 e. The second kappa shape index (κ2) is 16.8. The third-order valence-electron chi connectivity index (χ3n) is 5.82. The van der Waals surface area contributed by atoms with Crippen LogP contribution in [0.5, 0.6) is 0 Å². The molecular formula is C26H41N3O2S. The molecule has 2 rings (SSSR count). The van der Waals surface area contributed by atoms with Crippen molar-refractivity contribution in [2.24, 2.45) is 0 Å². The van der Waals surface area contributed by atoms with E-state index in [4.69, 9.17) is 0 Å². The maximum absolute atomic E-state index is 11.3. The number of carboxylic acids is 1. The number of aromatic carboxylic acids is 1. The van der Waals surface area contributed by atoms with Gasteiger partial charge in [-0.2, -0.15) is 0 Å². The van der Waals surface area contributed by atoms with Crippen molar-refractivity contribution in [1.29, 1.82) is 0 Å². The predicted octanol–water partition coefficient (Wildman–Crippen LogP) is 7.75. The summed E-state index contributed by atoms with van der Waals surface area (Å²) in [4.78, 5) is 12.1. The summed E-state index contributed by atoms with van der Waals surface area (Å²) in [5.74, 6) is -0.266. The van der Waals surface area contributed by atoms with E-state index in [1.54, 1.807) is 12.1 Å². The number of aryl methyl sites for hydroxylation is 1. The summed E-state index contributed by atoms with van der Waals surface area (Å²) >= 11 is 1.49. The zero-order valence-electron chi connectivity index (χ0n) is 19.8. The zero-order chi connectivity index (χ0) is 22.9. The molecule has 0 atom stereocenters. The van der Waals surface area contributed by atoms with Gasteiger partial charge in [-0.15, -0.1) is 16.9 Å². The molecule has 1 aromatic heterocycles. The summed E-state index contributed by atoms with van der Waals surface area (Å²) in [6.45, 7) is 3.18. The standard InChI is InChI=1S/C26H41N3O2S/c1-2-3-4-5-6-7-8-9-10-11-12-13-14-17-20-29-21-23(27-28-29)22-32-25-19-16-15-18-24(25)26(30)31/h15-16,18-19,21H,2-14,17,20,22H2,1H3,(H,30,31). The van der Waals surface area contributed by atoms with E-state index >= 15 is 0 Å². The summed E-state index contributed by atoms with van der Waals surface area (Å²) in [5, 5.41) is 17.7. The Hall–Kier alpha value is -1.82. The fourth-order valence-corrected chi connectivity index (χ4v) is 4.82. The molecule has 32 heavy (non-hydrogen) atoms. The lowest BCUT2D eigenvalue weighted by atomic mass is 10.0. The highest BCUT2D eigenvalue weighted by molar-refractivity contribution is 7.98. The molecule has 0 amide bonds. The Morgan fingerprint density at radius 2 is 1.44 bits per heavy atom. The molecule has 0 saturated carbocycles. The van der Waals surface area contributed by atoms with E-state index in [9.17, 15) is 9.90 Å². The number of thioether (sulfide) groups is 1. The number of carboxylic acid groups (broad SMARTS) is 1. The van der Waals surface area contributed by atoms with Crippen LogP contribution in [0.1, 0.15) is 113 Å². The van der Waals surface area contributed by atoms with Gasteiger partial charge in [0.05, 0.1) is 11.3 Å². The Balaban J connectivity index is 1.47. The van der Waals surface area contributed by atoms with Crippen molar-refractivity contribution >= 4 is 17.7 Å². The van der Waals surface area contributed by atoms with Crippen LogP contribution in [0.15, 0.2) is 35.4 Å². The highest BCUT2D eigenvalue weighted by atomic mass is 32.2. The van der Waals surface area contributed by atoms with E-state index in [1.807, 2.05) is 23.0 Å². The molecule has 5 nitrogen and oxygen atoms in total. The van der Waals surface area contributed by atoms with Crippen molar-refractivity contribution in [2.75, 3.05) is 0 Å². The number of aromatic nitrogens is 3. The van der Waals surface area contributed by atoms with Crippen LogP contribution < -0.4 is 0 Å². The zero-order valence-corrected chi connectivity index (χ0v) is 20.6. The lowest BCUT2D eigenvalue weighted by molar-refractivity contribution is 0.0693. The topological polar surface area (TPSA) is 68.0 Å². The number of benzene rings is 1. The predicted molar refractivity (Wildman–Crippen MR) is 133 cm³/mol. The smallest absolute Gasteiger partial charge is 0.336 e.